The van der Waals surface area contributed by atoms with Gasteiger partial charge in [0.25, 0.3) is 0 Å². The SMILES string of the molecule is CC(C)n1nccc1NC(=O)C(C)S(=O)(=O)Cc1ccccc1. The predicted molar refractivity (Wildman–Crippen MR) is 89.8 cm³/mol. The molecular weight excluding hydrogens is 314 g/mol. The van der Waals surface area contributed by atoms with Crippen LogP contribution in [0.2, 0.25) is 0 Å². The van der Waals surface area contributed by atoms with Crippen LogP contribution in [0.3, 0.4) is 0 Å². The minimum atomic E-state index is -3.59. The molecule has 1 heterocycles. The van der Waals surface area contributed by atoms with Crippen LogP contribution in [0.5, 0.6) is 0 Å². The van der Waals surface area contributed by atoms with Crippen LogP contribution in [0, 0.1) is 0 Å². The molecule has 1 N–H and O–H groups in total. The summed E-state index contributed by atoms with van der Waals surface area (Å²) in [5.41, 5.74) is 0.666. The van der Waals surface area contributed by atoms with Crippen LogP contribution in [0.4, 0.5) is 5.82 Å². The summed E-state index contributed by atoms with van der Waals surface area (Å²) in [5.74, 6) is -0.221. The van der Waals surface area contributed by atoms with Crippen molar-refractivity contribution in [2.45, 2.75) is 37.8 Å². The van der Waals surface area contributed by atoms with Gasteiger partial charge in [0, 0.05) is 12.1 Å². The number of anilines is 1. The van der Waals surface area contributed by atoms with Crippen molar-refractivity contribution in [2.75, 3.05) is 5.32 Å². The number of rotatable bonds is 6. The standard InChI is InChI=1S/C16H21N3O3S/c1-12(2)19-15(9-10-17-19)18-16(20)13(3)23(21,22)11-14-7-5-4-6-8-14/h4-10,12-13H,11H2,1-3H3,(H,18,20). The van der Waals surface area contributed by atoms with Gasteiger partial charge in [-0.15, -0.1) is 0 Å². The number of benzene rings is 1. The van der Waals surface area contributed by atoms with Gasteiger partial charge in [-0.1, -0.05) is 30.3 Å². The number of carbonyl (C=O) groups is 1. The van der Waals surface area contributed by atoms with Gasteiger partial charge in [0.2, 0.25) is 5.91 Å². The zero-order chi connectivity index (χ0) is 17.0. The highest BCUT2D eigenvalue weighted by atomic mass is 32.2. The lowest BCUT2D eigenvalue weighted by Gasteiger charge is -2.15. The average Bonchev–Trinajstić information content (AvgIpc) is 2.95. The molecule has 0 aliphatic rings. The summed E-state index contributed by atoms with van der Waals surface area (Å²) in [6, 6.07) is 10.5. The molecule has 0 radical (unpaired) electrons. The Morgan fingerprint density at radius 3 is 2.43 bits per heavy atom. The molecule has 0 saturated heterocycles. The summed E-state index contributed by atoms with van der Waals surface area (Å²) in [4.78, 5) is 12.3. The third kappa shape index (κ3) is 4.19. The van der Waals surface area contributed by atoms with Gasteiger partial charge in [0.15, 0.2) is 9.84 Å². The zero-order valence-electron chi connectivity index (χ0n) is 13.4. The molecule has 124 valence electrons. The molecule has 0 aliphatic heterocycles. The highest BCUT2D eigenvalue weighted by Crippen LogP contribution is 2.16. The quantitative estimate of drug-likeness (QED) is 0.879. The Kier molecular flexibility index (Phi) is 5.20. The van der Waals surface area contributed by atoms with Crippen molar-refractivity contribution in [3.63, 3.8) is 0 Å². The molecule has 0 aliphatic carbocycles. The van der Waals surface area contributed by atoms with Crippen LogP contribution in [0.15, 0.2) is 42.6 Å². The fourth-order valence-electron chi connectivity index (χ4n) is 2.15. The molecule has 6 nitrogen and oxygen atoms in total. The first-order chi connectivity index (χ1) is 10.8. The van der Waals surface area contributed by atoms with Gasteiger partial charge >= 0.3 is 0 Å². The van der Waals surface area contributed by atoms with Crippen molar-refractivity contribution in [1.29, 1.82) is 0 Å². The van der Waals surface area contributed by atoms with Gasteiger partial charge in [0.1, 0.15) is 11.1 Å². The highest BCUT2D eigenvalue weighted by molar-refractivity contribution is 7.92. The maximum atomic E-state index is 12.4. The van der Waals surface area contributed by atoms with Gasteiger partial charge in [0.05, 0.1) is 11.9 Å². The van der Waals surface area contributed by atoms with Crippen molar-refractivity contribution in [1.82, 2.24) is 9.78 Å². The van der Waals surface area contributed by atoms with E-state index in [4.69, 9.17) is 0 Å². The molecule has 1 amide bonds. The van der Waals surface area contributed by atoms with E-state index in [0.29, 0.717) is 11.4 Å². The van der Waals surface area contributed by atoms with Gasteiger partial charge in [-0.2, -0.15) is 5.10 Å². The van der Waals surface area contributed by atoms with Crippen LogP contribution in [-0.4, -0.2) is 29.4 Å². The second-order valence-corrected chi connectivity index (χ2v) is 8.00. The second kappa shape index (κ2) is 6.95. The lowest BCUT2D eigenvalue weighted by atomic mass is 10.2. The minimum absolute atomic E-state index is 0.0662. The molecular formula is C16H21N3O3S. The number of nitrogens with zero attached hydrogens (tertiary/aromatic N) is 2. The molecule has 7 heteroatoms. The maximum Gasteiger partial charge on any atom is 0.243 e. The maximum absolute atomic E-state index is 12.4. The number of sulfone groups is 1. The number of hydrogen-bond donors (Lipinski definition) is 1. The molecule has 0 bridgehead atoms. The first-order valence-corrected chi connectivity index (χ1v) is 9.12. The average molecular weight is 335 g/mol. The molecule has 0 fully saturated rings. The Bertz CT molecular complexity index is 767. The van der Waals surface area contributed by atoms with Crippen LogP contribution >= 0.6 is 0 Å². The third-order valence-corrected chi connectivity index (χ3v) is 5.56. The van der Waals surface area contributed by atoms with E-state index >= 15 is 0 Å². The summed E-state index contributed by atoms with van der Waals surface area (Å²) in [6.07, 6.45) is 1.57. The van der Waals surface area contributed by atoms with E-state index in [1.165, 1.54) is 6.92 Å². The summed E-state index contributed by atoms with van der Waals surface area (Å²) in [5, 5.41) is 5.62. The molecule has 2 aromatic rings. The second-order valence-electron chi connectivity index (χ2n) is 5.68. The van der Waals surface area contributed by atoms with Crippen LogP contribution in [0.25, 0.3) is 0 Å². The van der Waals surface area contributed by atoms with Gasteiger partial charge in [-0.05, 0) is 26.3 Å². The number of nitrogens with one attached hydrogen (secondary N) is 1. The predicted octanol–water partition coefficient (Wildman–Crippen LogP) is 2.41. The van der Waals surface area contributed by atoms with Crippen molar-refractivity contribution in [3.8, 4) is 0 Å². The van der Waals surface area contributed by atoms with Crippen molar-refractivity contribution in [3.05, 3.63) is 48.2 Å². The van der Waals surface area contributed by atoms with Crippen molar-refractivity contribution < 1.29 is 13.2 Å². The lowest BCUT2D eigenvalue weighted by Crippen LogP contribution is -2.34. The number of amides is 1. The Labute approximate surface area is 136 Å². The first-order valence-electron chi connectivity index (χ1n) is 7.41. The fraction of sp³-hybridized carbons (Fsp3) is 0.375. The largest absolute Gasteiger partial charge is 0.310 e. The normalized spacial score (nSPS) is 13.0. The van der Waals surface area contributed by atoms with E-state index in [-0.39, 0.29) is 11.8 Å². The summed E-state index contributed by atoms with van der Waals surface area (Å²) in [6.45, 7) is 5.26. The molecule has 0 spiro atoms. The molecule has 0 saturated carbocycles. The van der Waals surface area contributed by atoms with Gasteiger partial charge < -0.3 is 5.32 Å². The fourth-order valence-corrected chi connectivity index (χ4v) is 3.44. The van der Waals surface area contributed by atoms with E-state index in [0.717, 1.165) is 0 Å². The zero-order valence-corrected chi connectivity index (χ0v) is 14.2. The lowest BCUT2D eigenvalue weighted by molar-refractivity contribution is -0.115. The van der Waals surface area contributed by atoms with E-state index < -0.39 is 21.0 Å². The molecule has 1 aromatic heterocycles. The number of hydrogen-bond acceptors (Lipinski definition) is 4. The Balaban J connectivity index is 2.11. The molecule has 23 heavy (non-hydrogen) atoms. The Morgan fingerprint density at radius 2 is 1.83 bits per heavy atom. The molecule has 1 aromatic carbocycles. The van der Waals surface area contributed by atoms with Gasteiger partial charge in [-0.3, -0.25) is 4.79 Å². The summed E-state index contributed by atoms with van der Waals surface area (Å²) in [7, 11) is -3.59. The van der Waals surface area contributed by atoms with Crippen LogP contribution in [-0.2, 0) is 20.4 Å². The minimum Gasteiger partial charge on any atom is -0.310 e. The van der Waals surface area contributed by atoms with Crippen molar-refractivity contribution in [2.24, 2.45) is 0 Å². The molecule has 1 atom stereocenters. The Morgan fingerprint density at radius 1 is 1.17 bits per heavy atom. The van der Waals surface area contributed by atoms with Crippen LogP contribution < -0.4 is 5.32 Å². The monoisotopic (exact) mass is 335 g/mol. The van der Waals surface area contributed by atoms with Crippen LogP contribution in [0.1, 0.15) is 32.4 Å². The van der Waals surface area contributed by atoms with E-state index in [1.807, 2.05) is 19.9 Å². The third-order valence-electron chi connectivity index (χ3n) is 3.53. The van der Waals surface area contributed by atoms with Gasteiger partial charge in [-0.25, -0.2) is 13.1 Å². The topological polar surface area (TPSA) is 81.1 Å². The summed E-state index contributed by atoms with van der Waals surface area (Å²) < 4.78 is 26.4. The number of carbonyl (C=O) groups excluding carboxylic acids is 1. The van der Waals surface area contributed by atoms with E-state index in [2.05, 4.69) is 10.4 Å². The van der Waals surface area contributed by atoms with E-state index in [1.54, 1.807) is 41.2 Å². The summed E-state index contributed by atoms with van der Waals surface area (Å²) >= 11 is 0. The number of aromatic nitrogens is 2. The molecule has 2 rings (SSSR count). The first kappa shape index (κ1) is 17.2. The highest BCUT2D eigenvalue weighted by Gasteiger charge is 2.28. The van der Waals surface area contributed by atoms with Crippen molar-refractivity contribution >= 4 is 21.6 Å². The Hall–Kier alpha value is -2.15. The van der Waals surface area contributed by atoms with E-state index in [9.17, 15) is 13.2 Å². The molecule has 1 unspecified atom stereocenters. The smallest absolute Gasteiger partial charge is 0.243 e.